The van der Waals surface area contributed by atoms with Crippen LogP contribution in [0.15, 0.2) is 24.4 Å². The molecule has 1 heterocycles. The average molecular weight is 306 g/mol. The number of nitro benzene ring substituents is 1. The first-order valence-corrected chi connectivity index (χ1v) is 7.09. The number of nitrogens with zero attached hydrogens (tertiary/aromatic N) is 2. The highest BCUT2D eigenvalue weighted by molar-refractivity contribution is 7.15. The highest BCUT2D eigenvalue weighted by Crippen LogP contribution is 2.24. The van der Waals surface area contributed by atoms with E-state index >= 15 is 0 Å². The Kier molecular flexibility index (Phi) is 4.49. The van der Waals surface area contributed by atoms with Crippen LogP contribution in [0.5, 0.6) is 0 Å². The Morgan fingerprint density at radius 3 is 2.81 bits per heavy atom. The van der Waals surface area contributed by atoms with Gasteiger partial charge in [-0.05, 0) is 19.9 Å². The summed E-state index contributed by atoms with van der Waals surface area (Å²) in [5.41, 5.74) is 0.643. The van der Waals surface area contributed by atoms with E-state index in [-0.39, 0.29) is 11.3 Å². The number of nitro groups is 1. The maximum Gasteiger partial charge on any atom is 0.270 e. The van der Waals surface area contributed by atoms with Crippen molar-refractivity contribution in [2.24, 2.45) is 0 Å². The lowest BCUT2D eigenvalue weighted by Gasteiger charge is -2.09. The number of hydrogen-bond donors (Lipinski definition) is 2. The molecule has 0 aliphatic carbocycles. The first-order chi connectivity index (χ1) is 10.0. The number of hydrogen-bond acceptors (Lipinski definition) is 6. The minimum absolute atomic E-state index is 0.128. The number of benzene rings is 1. The second kappa shape index (κ2) is 6.31. The molecule has 0 unspecified atom stereocenters. The zero-order valence-corrected chi connectivity index (χ0v) is 12.4. The summed E-state index contributed by atoms with van der Waals surface area (Å²) in [6.07, 6.45) is 1.65. The number of rotatable bonds is 5. The molecule has 1 aromatic carbocycles. The van der Waals surface area contributed by atoms with Crippen molar-refractivity contribution in [3.05, 3.63) is 45.0 Å². The lowest BCUT2D eigenvalue weighted by Crippen LogP contribution is -2.15. The van der Waals surface area contributed by atoms with Crippen molar-refractivity contribution in [2.45, 2.75) is 13.8 Å². The van der Waals surface area contributed by atoms with Gasteiger partial charge in [0.15, 0.2) is 5.13 Å². The molecule has 2 aromatic rings. The molecule has 21 heavy (non-hydrogen) atoms. The van der Waals surface area contributed by atoms with Crippen LogP contribution in [-0.2, 0) is 0 Å². The van der Waals surface area contributed by atoms with Crippen LogP contribution in [0.25, 0.3) is 0 Å². The van der Waals surface area contributed by atoms with E-state index in [0.29, 0.717) is 17.4 Å². The van der Waals surface area contributed by atoms with Crippen molar-refractivity contribution < 1.29 is 9.72 Å². The van der Waals surface area contributed by atoms with Gasteiger partial charge in [0, 0.05) is 35.4 Å². The Morgan fingerprint density at radius 1 is 1.48 bits per heavy atom. The molecule has 7 nitrogen and oxygen atoms in total. The molecule has 8 heteroatoms. The van der Waals surface area contributed by atoms with E-state index in [1.54, 1.807) is 6.20 Å². The van der Waals surface area contributed by atoms with Crippen molar-refractivity contribution in [3.8, 4) is 0 Å². The summed E-state index contributed by atoms with van der Waals surface area (Å²) in [5, 5.41) is 17.0. The second-order valence-corrected chi connectivity index (χ2v) is 5.48. The normalized spacial score (nSPS) is 10.2. The fourth-order valence-corrected chi connectivity index (χ4v) is 2.41. The number of carbonyl (C=O) groups excluding carboxylic acids is 1. The predicted molar refractivity (Wildman–Crippen MR) is 82.1 cm³/mol. The van der Waals surface area contributed by atoms with E-state index in [2.05, 4.69) is 15.6 Å². The number of amides is 1. The number of nitrogens with one attached hydrogen (secondary N) is 2. The standard InChI is InChI=1S/C13H14N4O3S/c1-3-14-11-5-4-9(17(19)20)6-10(11)12(18)16-13-15-7-8(2)21-13/h4-7,14H,3H2,1-2H3,(H,15,16,18). The van der Waals surface area contributed by atoms with E-state index in [1.165, 1.54) is 29.5 Å². The Bertz CT molecular complexity index is 684. The van der Waals surface area contributed by atoms with Gasteiger partial charge in [-0.25, -0.2) is 4.98 Å². The maximum atomic E-state index is 12.3. The van der Waals surface area contributed by atoms with Crippen molar-refractivity contribution in [1.82, 2.24) is 4.98 Å². The first-order valence-electron chi connectivity index (χ1n) is 6.27. The Labute approximate surface area is 125 Å². The van der Waals surface area contributed by atoms with Gasteiger partial charge >= 0.3 is 0 Å². The Balaban J connectivity index is 2.32. The molecule has 1 aromatic heterocycles. The third kappa shape index (κ3) is 3.54. The van der Waals surface area contributed by atoms with Crippen LogP contribution in [-0.4, -0.2) is 22.4 Å². The smallest absolute Gasteiger partial charge is 0.270 e. The Hall–Kier alpha value is -2.48. The van der Waals surface area contributed by atoms with Gasteiger partial charge < -0.3 is 5.32 Å². The molecule has 2 N–H and O–H groups in total. The van der Waals surface area contributed by atoms with Gasteiger partial charge in [0.1, 0.15) is 0 Å². The largest absolute Gasteiger partial charge is 0.385 e. The molecule has 0 saturated heterocycles. The van der Waals surface area contributed by atoms with Crippen molar-refractivity contribution in [2.75, 3.05) is 17.2 Å². The SMILES string of the molecule is CCNc1ccc([N+](=O)[O-])cc1C(=O)Nc1ncc(C)s1. The molecular weight excluding hydrogens is 292 g/mol. The van der Waals surface area contributed by atoms with E-state index in [4.69, 9.17) is 0 Å². The molecule has 0 atom stereocenters. The molecule has 0 radical (unpaired) electrons. The van der Waals surface area contributed by atoms with Crippen LogP contribution in [0.3, 0.4) is 0 Å². The number of carbonyl (C=O) groups is 1. The summed E-state index contributed by atoms with van der Waals surface area (Å²) in [5.74, 6) is -0.427. The number of aromatic nitrogens is 1. The molecule has 0 fully saturated rings. The third-order valence-corrected chi connectivity index (χ3v) is 3.50. The number of non-ortho nitro benzene ring substituents is 1. The van der Waals surface area contributed by atoms with Gasteiger partial charge in [-0.1, -0.05) is 0 Å². The topological polar surface area (TPSA) is 97.2 Å². The molecular formula is C13H14N4O3S. The monoisotopic (exact) mass is 306 g/mol. The molecule has 0 aliphatic rings. The van der Waals surface area contributed by atoms with Gasteiger partial charge in [-0.2, -0.15) is 0 Å². The average Bonchev–Trinajstić information content (AvgIpc) is 2.84. The van der Waals surface area contributed by atoms with E-state index < -0.39 is 10.8 Å². The molecule has 1 amide bonds. The summed E-state index contributed by atoms with van der Waals surface area (Å²) < 4.78 is 0. The molecule has 0 saturated carbocycles. The molecule has 110 valence electrons. The third-order valence-electron chi connectivity index (χ3n) is 2.67. The molecule has 0 aliphatic heterocycles. The summed E-state index contributed by atoms with van der Waals surface area (Å²) in [4.78, 5) is 27.6. The van der Waals surface area contributed by atoms with Crippen LogP contribution < -0.4 is 10.6 Å². The first kappa shape index (κ1) is 14.9. The van der Waals surface area contributed by atoms with Crippen LogP contribution >= 0.6 is 11.3 Å². The van der Waals surface area contributed by atoms with E-state index in [1.807, 2.05) is 13.8 Å². The van der Waals surface area contributed by atoms with Gasteiger partial charge in [0.05, 0.1) is 10.5 Å². The van der Waals surface area contributed by atoms with E-state index in [9.17, 15) is 14.9 Å². The van der Waals surface area contributed by atoms with Gasteiger partial charge in [-0.3, -0.25) is 20.2 Å². The fraction of sp³-hybridized carbons (Fsp3) is 0.231. The highest BCUT2D eigenvalue weighted by atomic mass is 32.1. The lowest BCUT2D eigenvalue weighted by atomic mass is 10.1. The molecule has 2 rings (SSSR count). The minimum Gasteiger partial charge on any atom is -0.385 e. The number of aryl methyl sites for hydroxylation is 1. The van der Waals surface area contributed by atoms with Crippen molar-refractivity contribution in [1.29, 1.82) is 0 Å². The predicted octanol–water partition coefficient (Wildman–Crippen LogP) is 3.04. The van der Waals surface area contributed by atoms with Crippen LogP contribution in [0.1, 0.15) is 22.2 Å². The highest BCUT2D eigenvalue weighted by Gasteiger charge is 2.17. The van der Waals surface area contributed by atoms with Crippen LogP contribution in [0, 0.1) is 17.0 Å². The second-order valence-electron chi connectivity index (χ2n) is 4.25. The maximum absolute atomic E-state index is 12.3. The zero-order chi connectivity index (χ0) is 15.4. The van der Waals surface area contributed by atoms with Gasteiger partial charge in [0.2, 0.25) is 0 Å². The van der Waals surface area contributed by atoms with Gasteiger partial charge in [-0.15, -0.1) is 11.3 Å². The summed E-state index contributed by atoms with van der Waals surface area (Å²) >= 11 is 1.34. The quantitative estimate of drug-likeness (QED) is 0.653. The van der Waals surface area contributed by atoms with Gasteiger partial charge in [0.25, 0.3) is 11.6 Å². The van der Waals surface area contributed by atoms with Crippen LogP contribution in [0.4, 0.5) is 16.5 Å². The van der Waals surface area contributed by atoms with Crippen LogP contribution in [0.2, 0.25) is 0 Å². The minimum atomic E-state index is -0.528. The molecule has 0 bridgehead atoms. The van der Waals surface area contributed by atoms with Crippen molar-refractivity contribution >= 4 is 33.8 Å². The van der Waals surface area contributed by atoms with E-state index in [0.717, 1.165) is 4.88 Å². The fourth-order valence-electron chi connectivity index (χ4n) is 1.76. The molecule has 0 spiro atoms. The number of anilines is 2. The lowest BCUT2D eigenvalue weighted by molar-refractivity contribution is -0.384. The summed E-state index contributed by atoms with van der Waals surface area (Å²) in [6, 6.07) is 4.15. The summed E-state index contributed by atoms with van der Waals surface area (Å²) in [6.45, 7) is 4.37. The summed E-state index contributed by atoms with van der Waals surface area (Å²) in [7, 11) is 0. The van der Waals surface area contributed by atoms with Crippen molar-refractivity contribution in [3.63, 3.8) is 0 Å². The Morgan fingerprint density at radius 2 is 2.24 bits per heavy atom. The number of thiazole rings is 1. The zero-order valence-electron chi connectivity index (χ0n) is 11.5.